The van der Waals surface area contributed by atoms with Crippen molar-refractivity contribution in [1.82, 2.24) is 25.1 Å². The van der Waals surface area contributed by atoms with E-state index in [4.69, 9.17) is 0 Å². The standard InChI is InChI=1S/C29H23FN6/c1-3-17(2)33-22-10-20(13-31-14-22)18-7-8-26-24(11-18)29(36-35-26)27-12-23-25(15-32-16-28(23)34-27)19-5-4-6-21(30)9-19/h4-16,33-34H,2-3H2,1H3,(H,35,36). The molecule has 0 radical (unpaired) electrons. The lowest BCUT2D eigenvalue weighted by Crippen LogP contribution is -1.97. The predicted octanol–water partition coefficient (Wildman–Crippen LogP) is 7.31. The first-order valence-electron chi connectivity index (χ1n) is 11.7. The van der Waals surface area contributed by atoms with Crippen LogP contribution in [-0.4, -0.2) is 25.1 Å². The number of aromatic amines is 2. The number of hydrogen-bond donors (Lipinski definition) is 3. The van der Waals surface area contributed by atoms with Crippen LogP contribution in [-0.2, 0) is 0 Å². The quantitative estimate of drug-likeness (QED) is 0.236. The van der Waals surface area contributed by atoms with Crippen molar-refractivity contribution in [2.45, 2.75) is 13.3 Å². The van der Waals surface area contributed by atoms with Crippen LogP contribution in [0.3, 0.4) is 0 Å². The Morgan fingerprint density at radius 2 is 1.78 bits per heavy atom. The van der Waals surface area contributed by atoms with Gasteiger partial charge in [-0.15, -0.1) is 0 Å². The summed E-state index contributed by atoms with van der Waals surface area (Å²) in [7, 11) is 0. The van der Waals surface area contributed by atoms with Crippen LogP contribution in [0, 0.1) is 5.82 Å². The first kappa shape index (κ1) is 21.7. The van der Waals surface area contributed by atoms with Gasteiger partial charge in [-0.2, -0.15) is 5.10 Å². The summed E-state index contributed by atoms with van der Waals surface area (Å²) in [5.74, 6) is -0.279. The van der Waals surface area contributed by atoms with E-state index in [1.54, 1.807) is 24.7 Å². The smallest absolute Gasteiger partial charge is 0.123 e. The molecule has 0 aliphatic heterocycles. The molecule has 7 heteroatoms. The molecule has 6 nitrogen and oxygen atoms in total. The fourth-order valence-corrected chi connectivity index (χ4v) is 4.42. The van der Waals surface area contributed by atoms with Gasteiger partial charge in [0.25, 0.3) is 0 Å². The molecule has 0 amide bonds. The molecule has 2 aromatic carbocycles. The van der Waals surface area contributed by atoms with Gasteiger partial charge in [0.15, 0.2) is 0 Å². The van der Waals surface area contributed by atoms with E-state index in [2.05, 4.69) is 62.2 Å². The zero-order chi connectivity index (χ0) is 24.6. The minimum Gasteiger partial charge on any atom is -0.358 e. The topological polar surface area (TPSA) is 82.3 Å². The molecule has 0 aliphatic rings. The maximum Gasteiger partial charge on any atom is 0.123 e. The third kappa shape index (κ3) is 3.90. The average Bonchev–Trinajstić information content (AvgIpc) is 3.52. The Bertz CT molecular complexity index is 1750. The summed E-state index contributed by atoms with van der Waals surface area (Å²) in [5.41, 5.74) is 8.94. The summed E-state index contributed by atoms with van der Waals surface area (Å²) < 4.78 is 13.9. The molecule has 36 heavy (non-hydrogen) atoms. The normalized spacial score (nSPS) is 11.3. The number of benzene rings is 2. The molecule has 176 valence electrons. The second kappa shape index (κ2) is 8.78. The van der Waals surface area contributed by atoms with Crippen molar-refractivity contribution in [1.29, 1.82) is 0 Å². The van der Waals surface area contributed by atoms with E-state index in [-0.39, 0.29) is 5.82 Å². The number of H-pyrrole nitrogens is 2. The van der Waals surface area contributed by atoms with E-state index in [9.17, 15) is 4.39 Å². The number of rotatable bonds is 6. The fraction of sp³-hybridized carbons (Fsp3) is 0.0690. The van der Waals surface area contributed by atoms with Crippen molar-refractivity contribution in [2.24, 2.45) is 0 Å². The highest BCUT2D eigenvalue weighted by Crippen LogP contribution is 2.35. The number of fused-ring (bicyclic) bond motifs is 2. The number of pyridine rings is 2. The first-order valence-corrected chi connectivity index (χ1v) is 11.7. The number of hydrogen-bond acceptors (Lipinski definition) is 4. The molecule has 6 rings (SSSR count). The van der Waals surface area contributed by atoms with Crippen LogP contribution >= 0.6 is 0 Å². The molecular weight excluding hydrogens is 451 g/mol. The van der Waals surface area contributed by atoms with Crippen molar-refractivity contribution in [3.05, 3.63) is 97.5 Å². The van der Waals surface area contributed by atoms with Crippen molar-refractivity contribution in [3.8, 4) is 33.6 Å². The monoisotopic (exact) mass is 474 g/mol. The number of nitrogens with zero attached hydrogens (tertiary/aromatic N) is 3. The summed E-state index contributed by atoms with van der Waals surface area (Å²) in [4.78, 5) is 12.2. The van der Waals surface area contributed by atoms with Gasteiger partial charge in [-0.25, -0.2) is 4.39 Å². The minimum absolute atomic E-state index is 0.279. The van der Waals surface area contributed by atoms with Gasteiger partial charge in [0.2, 0.25) is 0 Å². The summed E-state index contributed by atoms with van der Waals surface area (Å²) >= 11 is 0. The summed E-state index contributed by atoms with van der Waals surface area (Å²) in [6, 6.07) is 16.8. The lowest BCUT2D eigenvalue weighted by Gasteiger charge is -2.09. The van der Waals surface area contributed by atoms with Gasteiger partial charge in [-0.3, -0.25) is 15.1 Å². The number of allylic oxidation sites excluding steroid dienone is 1. The third-order valence-corrected chi connectivity index (χ3v) is 6.32. The van der Waals surface area contributed by atoms with Gasteiger partial charge in [-0.1, -0.05) is 31.7 Å². The average molecular weight is 475 g/mol. The molecule has 0 saturated heterocycles. The molecule has 4 aromatic heterocycles. The van der Waals surface area contributed by atoms with Gasteiger partial charge >= 0.3 is 0 Å². The number of aromatic nitrogens is 5. The molecule has 0 fully saturated rings. The molecule has 0 aliphatic carbocycles. The van der Waals surface area contributed by atoms with Crippen molar-refractivity contribution in [3.63, 3.8) is 0 Å². The van der Waals surface area contributed by atoms with Crippen LogP contribution in [0.2, 0.25) is 0 Å². The molecule has 4 heterocycles. The van der Waals surface area contributed by atoms with Crippen LogP contribution < -0.4 is 5.32 Å². The van der Waals surface area contributed by atoms with Crippen molar-refractivity contribution in [2.75, 3.05) is 5.32 Å². The Balaban J connectivity index is 1.43. The molecular formula is C29H23FN6. The summed E-state index contributed by atoms with van der Waals surface area (Å²) in [6.45, 7) is 6.08. The number of nitrogens with one attached hydrogen (secondary N) is 3. The Morgan fingerprint density at radius 3 is 2.64 bits per heavy atom. The van der Waals surface area contributed by atoms with Crippen LogP contribution in [0.5, 0.6) is 0 Å². The van der Waals surface area contributed by atoms with Gasteiger partial charge in [-0.05, 0) is 53.9 Å². The zero-order valence-corrected chi connectivity index (χ0v) is 19.6. The maximum absolute atomic E-state index is 13.9. The van der Waals surface area contributed by atoms with E-state index in [1.165, 1.54) is 12.1 Å². The van der Waals surface area contributed by atoms with Gasteiger partial charge in [0.1, 0.15) is 11.5 Å². The highest BCUT2D eigenvalue weighted by atomic mass is 19.1. The van der Waals surface area contributed by atoms with Gasteiger partial charge in [0, 0.05) is 40.0 Å². The Kier molecular flexibility index (Phi) is 5.30. The van der Waals surface area contributed by atoms with E-state index in [0.29, 0.717) is 0 Å². The molecule has 0 saturated carbocycles. The zero-order valence-electron chi connectivity index (χ0n) is 19.6. The summed E-state index contributed by atoms with van der Waals surface area (Å²) in [6.07, 6.45) is 8.02. The Morgan fingerprint density at radius 1 is 0.889 bits per heavy atom. The van der Waals surface area contributed by atoms with Crippen molar-refractivity contribution < 1.29 is 4.39 Å². The largest absolute Gasteiger partial charge is 0.358 e. The molecule has 0 unspecified atom stereocenters. The van der Waals surface area contributed by atoms with Crippen LogP contribution in [0.15, 0.2) is 91.7 Å². The molecule has 0 bridgehead atoms. The minimum atomic E-state index is -0.279. The van der Waals surface area contributed by atoms with Gasteiger partial charge in [0.05, 0.1) is 34.8 Å². The first-order chi connectivity index (χ1) is 17.6. The SMILES string of the molecule is C=C(CC)Nc1cncc(-c2ccc3[nH]nc(-c4cc5c(-c6cccc(F)c6)cncc5[nH]4)c3c2)c1. The third-order valence-electron chi connectivity index (χ3n) is 6.32. The van der Waals surface area contributed by atoms with E-state index in [0.717, 1.165) is 73.3 Å². The lowest BCUT2D eigenvalue weighted by molar-refractivity contribution is 0.628. The molecule has 6 aromatic rings. The fourth-order valence-electron chi connectivity index (χ4n) is 4.42. The molecule has 0 atom stereocenters. The highest BCUT2D eigenvalue weighted by Gasteiger charge is 2.15. The number of anilines is 1. The number of halogens is 1. The molecule has 3 N–H and O–H groups in total. The van der Waals surface area contributed by atoms with Crippen molar-refractivity contribution >= 4 is 27.5 Å². The van der Waals surface area contributed by atoms with Crippen LogP contribution in [0.25, 0.3) is 55.4 Å². The highest BCUT2D eigenvalue weighted by molar-refractivity contribution is 6.01. The van der Waals surface area contributed by atoms with Crippen LogP contribution in [0.1, 0.15) is 13.3 Å². The van der Waals surface area contributed by atoms with Crippen LogP contribution in [0.4, 0.5) is 10.1 Å². The van der Waals surface area contributed by atoms with E-state index in [1.807, 2.05) is 24.4 Å². The van der Waals surface area contributed by atoms with E-state index >= 15 is 0 Å². The van der Waals surface area contributed by atoms with E-state index < -0.39 is 0 Å². The second-order valence-corrected chi connectivity index (χ2v) is 8.72. The summed E-state index contributed by atoms with van der Waals surface area (Å²) in [5, 5.41) is 13.0. The maximum atomic E-state index is 13.9. The lowest BCUT2D eigenvalue weighted by atomic mass is 10.0. The predicted molar refractivity (Wildman–Crippen MR) is 143 cm³/mol. The second-order valence-electron chi connectivity index (χ2n) is 8.72. The Hall–Kier alpha value is -4.78. The van der Waals surface area contributed by atoms with Gasteiger partial charge < -0.3 is 10.3 Å². The Labute approximate surface area is 206 Å². The molecule has 0 spiro atoms.